The van der Waals surface area contributed by atoms with Gasteiger partial charge in [-0.3, -0.25) is 0 Å². The van der Waals surface area contributed by atoms with Crippen molar-refractivity contribution in [3.63, 3.8) is 0 Å². The number of rotatable bonds is 5. The van der Waals surface area contributed by atoms with Gasteiger partial charge in [-0.15, -0.1) is 0 Å². The SMILES string of the molecule is CCc1ccc(C(C)(CO)Nc2ccccc2)cc1. The van der Waals surface area contributed by atoms with Gasteiger partial charge in [-0.25, -0.2) is 0 Å². The van der Waals surface area contributed by atoms with Gasteiger partial charge in [0.1, 0.15) is 0 Å². The molecule has 0 radical (unpaired) electrons. The third kappa shape index (κ3) is 3.15. The summed E-state index contributed by atoms with van der Waals surface area (Å²) in [5.74, 6) is 0. The number of aliphatic hydroxyl groups excluding tert-OH is 1. The first-order chi connectivity index (χ1) is 9.18. The standard InChI is InChI=1S/C17H21NO/c1-3-14-9-11-15(12-10-14)17(2,13-19)18-16-7-5-4-6-8-16/h4-12,18-19H,3,13H2,1-2H3. The van der Waals surface area contributed by atoms with E-state index >= 15 is 0 Å². The average Bonchev–Trinajstić information content (AvgIpc) is 2.48. The number of nitrogens with one attached hydrogen (secondary N) is 1. The number of para-hydroxylation sites is 1. The van der Waals surface area contributed by atoms with Gasteiger partial charge in [0.15, 0.2) is 0 Å². The summed E-state index contributed by atoms with van der Waals surface area (Å²) in [5.41, 5.74) is 2.95. The second-order valence-corrected chi connectivity index (χ2v) is 5.03. The zero-order chi connectivity index (χ0) is 13.7. The van der Waals surface area contributed by atoms with Crippen LogP contribution in [0.15, 0.2) is 54.6 Å². The van der Waals surface area contributed by atoms with E-state index in [1.54, 1.807) is 0 Å². The number of anilines is 1. The minimum absolute atomic E-state index is 0.0490. The van der Waals surface area contributed by atoms with Gasteiger partial charge in [-0.05, 0) is 36.6 Å². The third-order valence-corrected chi connectivity index (χ3v) is 3.51. The highest BCUT2D eigenvalue weighted by Crippen LogP contribution is 2.26. The molecule has 2 nitrogen and oxygen atoms in total. The molecule has 2 rings (SSSR count). The van der Waals surface area contributed by atoms with Crippen LogP contribution >= 0.6 is 0 Å². The Labute approximate surface area is 115 Å². The molecular weight excluding hydrogens is 234 g/mol. The molecule has 2 heteroatoms. The van der Waals surface area contributed by atoms with E-state index in [1.807, 2.05) is 37.3 Å². The number of aryl methyl sites for hydroxylation is 1. The average molecular weight is 255 g/mol. The molecule has 0 spiro atoms. The van der Waals surface area contributed by atoms with Crippen LogP contribution in [-0.4, -0.2) is 11.7 Å². The third-order valence-electron chi connectivity index (χ3n) is 3.51. The van der Waals surface area contributed by atoms with Crippen molar-refractivity contribution in [1.29, 1.82) is 0 Å². The largest absolute Gasteiger partial charge is 0.394 e. The summed E-state index contributed by atoms with van der Waals surface area (Å²) in [6, 6.07) is 18.4. The molecule has 0 amide bonds. The fraction of sp³-hybridized carbons (Fsp3) is 0.294. The molecule has 1 unspecified atom stereocenters. The van der Waals surface area contributed by atoms with Crippen molar-refractivity contribution in [2.45, 2.75) is 25.8 Å². The Kier molecular flexibility index (Phi) is 4.23. The molecule has 19 heavy (non-hydrogen) atoms. The Bertz CT molecular complexity index is 507. The van der Waals surface area contributed by atoms with E-state index in [-0.39, 0.29) is 6.61 Å². The van der Waals surface area contributed by atoms with Crippen molar-refractivity contribution in [2.75, 3.05) is 11.9 Å². The van der Waals surface area contributed by atoms with Gasteiger partial charge in [0, 0.05) is 5.69 Å². The Morgan fingerprint density at radius 2 is 1.63 bits per heavy atom. The minimum Gasteiger partial charge on any atom is -0.394 e. The molecule has 0 aliphatic rings. The van der Waals surface area contributed by atoms with Gasteiger partial charge >= 0.3 is 0 Å². The fourth-order valence-electron chi connectivity index (χ4n) is 2.15. The van der Waals surface area contributed by atoms with Crippen molar-refractivity contribution in [3.05, 3.63) is 65.7 Å². The van der Waals surface area contributed by atoms with Gasteiger partial charge in [0.05, 0.1) is 12.1 Å². The van der Waals surface area contributed by atoms with Crippen LogP contribution in [0.4, 0.5) is 5.69 Å². The highest BCUT2D eigenvalue weighted by atomic mass is 16.3. The fourth-order valence-corrected chi connectivity index (χ4v) is 2.15. The number of hydrogen-bond acceptors (Lipinski definition) is 2. The number of hydrogen-bond donors (Lipinski definition) is 2. The first kappa shape index (κ1) is 13.6. The maximum absolute atomic E-state index is 9.76. The van der Waals surface area contributed by atoms with Crippen molar-refractivity contribution >= 4 is 5.69 Å². The Morgan fingerprint density at radius 1 is 1.00 bits per heavy atom. The Balaban J connectivity index is 2.25. The second-order valence-electron chi connectivity index (χ2n) is 5.03. The highest BCUT2D eigenvalue weighted by Gasteiger charge is 2.25. The van der Waals surface area contributed by atoms with Crippen LogP contribution in [0.25, 0.3) is 0 Å². The monoisotopic (exact) mass is 255 g/mol. The molecule has 1 atom stereocenters. The quantitative estimate of drug-likeness (QED) is 0.856. The summed E-state index contributed by atoms with van der Waals surface area (Å²) in [6.45, 7) is 4.21. The predicted octanol–water partition coefficient (Wildman–Crippen LogP) is 3.57. The number of benzene rings is 2. The van der Waals surface area contributed by atoms with E-state index < -0.39 is 5.54 Å². The Hall–Kier alpha value is -1.80. The van der Waals surface area contributed by atoms with Crippen molar-refractivity contribution in [2.24, 2.45) is 0 Å². The molecule has 0 aromatic heterocycles. The van der Waals surface area contributed by atoms with Crippen LogP contribution < -0.4 is 5.32 Å². The van der Waals surface area contributed by atoms with Gasteiger partial charge in [0.25, 0.3) is 0 Å². The second kappa shape index (κ2) is 5.89. The molecule has 0 saturated carbocycles. The van der Waals surface area contributed by atoms with Crippen LogP contribution in [0, 0.1) is 0 Å². The lowest BCUT2D eigenvalue weighted by Gasteiger charge is -2.30. The summed E-state index contributed by atoms with van der Waals surface area (Å²) in [6.07, 6.45) is 1.03. The van der Waals surface area contributed by atoms with Gasteiger partial charge in [-0.2, -0.15) is 0 Å². The summed E-state index contributed by atoms with van der Waals surface area (Å²) < 4.78 is 0. The van der Waals surface area contributed by atoms with Crippen LogP contribution in [0.1, 0.15) is 25.0 Å². The van der Waals surface area contributed by atoms with Crippen LogP contribution in [0.5, 0.6) is 0 Å². The van der Waals surface area contributed by atoms with E-state index in [0.29, 0.717) is 0 Å². The molecule has 100 valence electrons. The van der Waals surface area contributed by atoms with E-state index in [0.717, 1.165) is 17.7 Å². The summed E-state index contributed by atoms with van der Waals surface area (Å²) in [4.78, 5) is 0. The smallest absolute Gasteiger partial charge is 0.0828 e. The van der Waals surface area contributed by atoms with Crippen LogP contribution in [-0.2, 0) is 12.0 Å². The lowest BCUT2D eigenvalue weighted by atomic mass is 9.91. The molecule has 0 saturated heterocycles. The zero-order valence-electron chi connectivity index (χ0n) is 11.6. The predicted molar refractivity (Wildman–Crippen MR) is 80.3 cm³/mol. The molecule has 2 aromatic carbocycles. The van der Waals surface area contributed by atoms with Crippen LogP contribution in [0.3, 0.4) is 0 Å². The van der Waals surface area contributed by atoms with Crippen LogP contribution in [0.2, 0.25) is 0 Å². The molecule has 0 aliphatic carbocycles. The maximum Gasteiger partial charge on any atom is 0.0828 e. The molecule has 0 heterocycles. The van der Waals surface area contributed by atoms with E-state index in [1.165, 1.54) is 5.56 Å². The van der Waals surface area contributed by atoms with E-state index in [4.69, 9.17) is 0 Å². The molecule has 0 aliphatic heterocycles. The van der Waals surface area contributed by atoms with Gasteiger partial charge in [0.2, 0.25) is 0 Å². The summed E-state index contributed by atoms with van der Waals surface area (Å²) in [7, 11) is 0. The molecule has 2 aromatic rings. The Morgan fingerprint density at radius 3 is 2.16 bits per heavy atom. The van der Waals surface area contributed by atoms with Crippen molar-refractivity contribution in [3.8, 4) is 0 Å². The van der Waals surface area contributed by atoms with E-state index in [9.17, 15) is 5.11 Å². The first-order valence-corrected chi connectivity index (χ1v) is 6.71. The van der Waals surface area contributed by atoms with E-state index in [2.05, 4.69) is 36.5 Å². The lowest BCUT2D eigenvalue weighted by molar-refractivity contribution is 0.224. The number of aliphatic hydroxyl groups is 1. The molecule has 2 N–H and O–H groups in total. The van der Waals surface area contributed by atoms with Gasteiger partial charge in [-0.1, -0.05) is 49.4 Å². The molecule has 0 fully saturated rings. The molecular formula is C17H21NO. The van der Waals surface area contributed by atoms with Crippen molar-refractivity contribution in [1.82, 2.24) is 0 Å². The first-order valence-electron chi connectivity index (χ1n) is 6.71. The minimum atomic E-state index is -0.465. The lowest BCUT2D eigenvalue weighted by Crippen LogP contribution is -2.35. The summed E-state index contributed by atoms with van der Waals surface area (Å²) >= 11 is 0. The van der Waals surface area contributed by atoms with Crippen molar-refractivity contribution < 1.29 is 5.11 Å². The maximum atomic E-state index is 9.76. The highest BCUT2D eigenvalue weighted by molar-refractivity contribution is 5.47. The normalized spacial score (nSPS) is 13.8. The zero-order valence-corrected chi connectivity index (χ0v) is 11.6. The van der Waals surface area contributed by atoms with Gasteiger partial charge < -0.3 is 10.4 Å². The summed E-state index contributed by atoms with van der Waals surface area (Å²) in [5, 5.41) is 13.2. The molecule has 0 bridgehead atoms. The topological polar surface area (TPSA) is 32.3 Å².